The maximum absolute atomic E-state index is 13.2. The summed E-state index contributed by atoms with van der Waals surface area (Å²) in [5.41, 5.74) is 2.58. The Kier molecular flexibility index (Phi) is 5.46. The van der Waals surface area contributed by atoms with Crippen molar-refractivity contribution in [2.45, 2.75) is 20.0 Å². The molecule has 1 amide bonds. The summed E-state index contributed by atoms with van der Waals surface area (Å²) in [6.07, 6.45) is 0. The Morgan fingerprint density at radius 3 is 2.69 bits per heavy atom. The molecule has 0 saturated carbocycles. The first-order chi connectivity index (χ1) is 14.0. The molecule has 0 N–H and O–H groups in total. The van der Waals surface area contributed by atoms with Crippen LogP contribution >= 0.6 is 22.7 Å². The molecule has 148 valence electrons. The van der Waals surface area contributed by atoms with E-state index in [2.05, 4.69) is 4.98 Å². The number of anilines is 1. The van der Waals surface area contributed by atoms with Crippen LogP contribution in [0.3, 0.4) is 0 Å². The molecule has 29 heavy (non-hydrogen) atoms. The maximum Gasteiger partial charge on any atom is 0.307 e. The largest absolute Gasteiger partial charge is 0.497 e. The average molecular weight is 426 g/mol. The summed E-state index contributed by atoms with van der Waals surface area (Å²) >= 11 is 2.53. The first kappa shape index (κ1) is 19.4. The van der Waals surface area contributed by atoms with E-state index in [4.69, 9.17) is 4.74 Å². The van der Waals surface area contributed by atoms with Crippen molar-refractivity contribution in [3.8, 4) is 5.75 Å². The molecule has 0 aliphatic rings. The Bertz CT molecular complexity index is 1210. The van der Waals surface area contributed by atoms with Crippen LogP contribution in [0.2, 0.25) is 0 Å². The molecule has 0 aliphatic carbocycles. The zero-order valence-electron chi connectivity index (χ0n) is 16.0. The van der Waals surface area contributed by atoms with Gasteiger partial charge in [0.2, 0.25) is 5.91 Å². The van der Waals surface area contributed by atoms with Gasteiger partial charge in [0, 0.05) is 11.1 Å². The number of carbonyl (C=O) groups excluding carboxylic acids is 1. The first-order valence-electron chi connectivity index (χ1n) is 8.99. The van der Waals surface area contributed by atoms with Crippen LogP contribution in [0.25, 0.3) is 10.2 Å². The number of aryl methyl sites for hydroxylation is 1. The summed E-state index contributed by atoms with van der Waals surface area (Å²) in [6, 6.07) is 15.4. The molecule has 4 rings (SSSR count). The molecule has 0 radical (unpaired) electrons. The van der Waals surface area contributed by atoms with E-state index in [1.54, 1.807) is 17.4 Å². The summed E-state index contributed by atoms with van der Waals surface area (Å²) in [6.45, 7) is 2.20. The van der Waals surface area contributed by atoms with Gasteiger partial charge in [-0.15, -0.1) is 0 Å². The summed E-state index contributed by atoms with van der Waals surface area (Å²) in [7, 11) is 1.62. The number of benzene rings is 2. The zero-order valence-corrected chi connectivity index (χ0v) is 17.6. The standard InChI is InChI=1S/C21H19N3O3S2/c1-14-13-28-21(26)23(14)12-19(25)24(11-15-6-4-3-5-7-15)20-22-17-9-8-16(27-2)10-18(17)29-20/h3-10,13H,11-12H2,1-2H3. The second kappa shape index (κ2) is 8.18. The molecule has 0 bridgehead atoms. The number of hydrogen-bond acceptors (Lipinski definition) is 6. The van der Waals surface area contributed by atoms with Crippen LogP contribution < -0.4 is 14.5 Å². The second-order valence-electron chi connectivity index (χ2n) is 6.52. The van der Waals surface area contributed by atoms with E-state index in [0.29, 0.717) is 11.7 Å². The van der Waals surface area contributed by atoms with E-state index in [9.17, 15) is 9.59 Å². The minimum absolute atomic E-state index is 0.0136. The minimum atomic E-state index is -0.177. The quantitative estimate of drug-likeness (QED) is 0.467. The number of amides is 1. The monoisotopic (exact) mass is 425 g/mol. The highest BCUT2D eigenvalue weighted by molar-refractivity contribution is 7.22. The van der Waals surface area contributed by atoms with Crippen molar-refractivity contribution in [2.24, 2.45) is 0 Å². The molecule has 0 spiro atoms. The number of ether oxygens (including phenoxy) is 1. The van der Waals surface area contributed by atoms with Crippen molar-refractivity contribution in [3.63, 3.8) is 0 Å². The van der Waals surface area contributed by atoms with Crippen molar-refractivity contribution < 1.29 is 9.53 Å². The van der Waals surface area contributed by atoms with Gasteiger partial charge in [0.15, 0.2) is 5.13 Å². The van der Waals surface area contributed by atoms with Crippen LogP contribution in [0.1, 0.15) is 11.3 Å². The van der Waals surface area contributed by atoms with Gasteiger partial charge in [0.05, 0.1) is 23.9 Å². The third-order valence-corrected chi connectivity index (χ3v) is 6.49. The second-order valence-corrected chi connectivity index (χ2v) is 8.35. The highest BCUT2D eigenvalue weighted by Gasteiger charge is 2.22. The molecular formula is C21H19N3O3S2. The van der Waals surface area contributed by atoms with Gasteiger partial charge in [-0.2, -0.15) is 0 Å². The molecule has 8 heteroatoms. The topological polar surface area (TPSA) is 64.4 Å². The number of aromatic nitrogens is 2. The molecule has 0 saturated heterocycles. The van der Waals surface area contributed by atoms with Gasteiger partial charge in [-0.1, -0.05) is 53.0 Å². The summed E-state index contributed by atoms with van der Waals surface area (Å²) in [5, 5.41) is 2.37. The maximum atomic E-state index is 13.2. The molecule has 0 aliphatic heterocycles. The van der Waals surface area contributed by atoms with Gasteiger partial charge in [-0.3, -0.25) is 19.1 Å². The summed E-state index contributed by atoms with van der Waals surface area (Å²) < 4.78 is 7.73. The van der Waals surface area contributed by atoms with E-state index in [0.717, 1.165) is 38.6 Å². The van der Waals surface area contributed by atoms with Gasteiger partial charge in [-0.25, -0.2) is 4.98 Å². The minimum Gasteiger partial charge on any atom is -0.497 e. The van der Waals surface area contributed by atoms with Gasteiger partial charge in [0.25, 0.3) is 0 Å². The summed E-state index contributed by atoms with van der Waals surface area (Å²) in [4.78, 5) is 31.5. The van der Waals surface area contributed by atoms with E-state index >= 15 is 0 Å². The van der Waals surface area contributed by atoms with Crippen molar-refractivity contribution in [2.75, 3.05) is 12.0 Å². The third kappa shape index (κ3) is 4.08. The lowest BCUT2D eigenvalue weighted by molar-refractivity contribution is -0.119. The zero-order chi connectivity index (χ0) is 20.4. The highest BCUT2D eigenvalue weighted by Crippen LogP contribution is 2.32. The van der Waals surface area contributed by atoms with Crippen LogP contribution in [-0.4, -0.2) is 22.6 Å². The van der Waals surface area contributed by atoms with Gasteiger partial charge < -0.3 is 4.74 Å². The van der Waals surface area contributed by atoms with Gasteiger partial charge in [0.1, 0.15) is 12.3 Å². The number of carbonyl (C=O) groups is 1. The van der Waals surface area contributed by atoms with E-state index in [-0.39, 0.29) is 17.3 Å². The number of nitrogens with zero attached hydrogens (tertiary/aromatic N) is 3. The number of hydrogen-bond donors (Lipinski definition) is 0. The summed E-state index contributed by atoms with van der Waals surface area (Å²) in [5.74, 6) is 0.567. The average Bonchev–Trinajstić information content (AvgIpc) is 3.30. The van der Waals surface area contributed by atoms with Crippen LogP contribution in [0.4, 0.5) is 5.13 Å². The van der Waals surface area contributed by atoms with Crippen LogP contribution in [-0.2, 0) is 17.9 Å². The molecule has 4 aromatic rings. The van der Waals surface area contributed by atoms with Crippen molar-refractivity contribution in [1.82, 2.24) is 9.55 Å². The molecule has 2 aromatic carbocycles. The number of fused-ring (bicyclic) bond motifs is 1. The predicted molar refractivity (Wildman–Crippen MR) is 117 cm³/mol. The Morgan fingerprint density at radius 2 is 2.00 bits per heavy atom. The third-order valence-electron chi connectivity index (χ3n) is 4.57. The number of thiazole rings is 2. The molecule has 0 unspecified atom stereocenters. The Balaban J connectivity index is 1.71. The van der Waals surface area contributed by atoms with Crippen LogP contribution in [0.5, 0.6) is 5.75 Å². The van der Waals surface area contributed by atoms with E-state index in [1.807, 2.05) is 55.5 Å². The fraction of sp³-hybridized carbons (Fsp3) is 0.190. The normalized spacial score (nSPS) is 11.0. The van der Waals surface area contributed by atoms with Crippen molar-refractivity contribution in [1.29, 1.82) is 0 Å². The molecular weight excluding hydrogens is 406 g/mol. The molecule has 2 heterocycles. The fourth-order valence-electron chi connectivity index (χ4n) is 2.98. The Labute approximate surface area is 175 Å². The van der Waals surface area contributed by atoms with Crippen molar-refractivity contribution in [3.05, 3.63) is 74.8 Å². The van der Waals surface area contributed by atoms with Gasteiger partial charge >= 0.3 is 4.87 Å². The number of rotatable bonds is 6. The van der Waals surface area contributed by atoms with Crippen molar-refractivity contribution >= 4 is 43.9 Å². The van der Waals surface area contributed by atoms with E-state index < -0.39 is 0 Å². The fourth-order valence-corrected chi connectivity index (χ4v) is 4.73. The van der Waals surface area contributed by atoms with E-state index in [1.165, 1.54) is 15.9 Å². The lowest BCUT2D eigenvalue weighted by atomic mass is 10.2. The lowest BCUT2D eigenvalue weighted by Gasteiger charge is -2.20. The highest BCUT2D eigenvalue weighted by atomic mass is 32.1. The van der Waals surface area contributed by atoms with Gasteiger partial charge in [-0.05, 0) is 30.7 Å². The molecule has 0 fully saturated rings. The Morgan fingerprint density at radius 1 is 1.21 bits per heavy atom. The lowest BCUT2D eigenvalue weighted by Crippen LogP contribution is -2.35. The van der Waals surface area contributed by atoms with Crippen LogP contribution in [0, 0.1) is 6.92 Å². The molecule has 2 aromatic heterocycles. The molecule has 6 nitrogen and oxygen atoms in total. The van der Waals surface area contributed by atoms with Crippen LogP contribution in [0.15, 0.2) is 58.7 Å². The number of methoxy groups -OCH3 is 1. The first-order valence-corrected chi connectivity index (χ1v) is 10.7. The SMILES string of the molecule is COc1ccc2nc(N(Cc3ccccc3)C(=O)Cn3c(C)csc3=O)sc2c1. The smallest absolute Gasteiger partial charge is 0.307 e. The molecule has 0 atom stereocenters. The predicted octanol–water partition coefficient (Wildman–Crippen LogP) is 4.07. The Hall–Kier alpha value is -2.97.